The quantitative estimate of drug-likeness (QED) is 0.824. The molecule has 0 amide bonds. The van der Waals surface area contributed by atoms with Gasteiger partial charge in [0.15, 0.2) is 5.82 Å². The van der Waals surface area contributed by atoms with Gasteiger partial charge in [-0.1, -0.05) is 22.9 Å². The average Bonchev–Trinajstić information content (AvgIpc) is 2.68. The van der Waals surface area contributed by atoms with E-state index in [1.807, 2.05) is 31.2 Å². The number of nitrogens with zero attached hydrogens (tertiary/aromatic N) is 2. The van der Waals surface area contributed by atoms with Gasteiger partial charge >= 0.3 is 0 Å². The van der Waals surface area contributed by atoms with Crippen molar-refractivity contribution in [3.05, 3.63) is 35.7 Å². The van der Waals surface area contributed by atoms with E-state index in [9.17, 15) is 0 Å². The van der Waals surface area contributed by atoms with Crippen molar-refractivity contribution in [3.63, 3.8) is 0 Å². The summed E-state index contributed by atoms with van der Waals surface area (Å²) in [4.78, 5) is 4.16. The summed E-state index contributed by atoms with van der Waals surface area (Å²) in [5.74, 6) is 1.03. The second-order valence-corrected chi connectivity index (χ2v) is 3.36. The van der Waals surface area contributed by atoms with Gasteiger partial charge in [-0.15, -0.1) is 0 Å². The summed E-state index contributed by atoms with van der Waals surface area (Å²) in [7, 11) is 0. The predicted octanol–water partition coefficient (Wildman–Crippen LogP) is 1.58. The lowest BCUT2D eigenvalue weighted by molar-refractivity contribution is 0.293. The van der Waals surface area contributed by atoms with Crippen molar-refractivity contribution >= 4 is 0 Å². The number of aromatic nitrogens is 2. The molecule has 1 heterocycles. The van der Waals surface area contributed by atoms with E-state index >= 15 is 0 Å². The van der Waals surface area contributed by atoms with Crippen molar-refractivity contribution in [2.45, 2.75) is 13.3 Å². The molecule has 1 aromatic carbocycles. The molecule has 15 heavy (non-hydrogen) atoms. The smallest absolute Gasteiger partial charge is 0.257 e. The van der Waals surface area contributed by atoms with Crippen molar-refractivity contribution in [2.75, 3.05) is 6.61 Å². The first kappa shape index (κ1) is 9.86. The van der Waals surface area contributed by atoms with Gasteiger partial charge in [0.1, 0.15) is 0 Å². The minimum atomic E-state index is 0.0346. The Balaban J connectivity index is 2.25. The molecule has 0 bridgehead atoms. The van der Waals surface area contributed by atoms with Crippen LogP contribution in [0.3, 0.4) is 0 Å². The van der Waals surface area contributed by atoms with E-state index < -0.39 is 0 Å². The third kappa shape index (κ3) is 2.22. The molecule has 0 spiro atoms. The Bertz CT molecular complexity index is 434. The lowest BCUT2D eigenvalue weighted by Crippen LogP contribution is -1.92. The highest BCUT2D eigenvalue weighted by molar-refractivity contribution is 5.53. The molecule has 78 valence electrons. The first-order valence-corrected chi connectivity index (χ1v) is 4.80. The zero-order valence-corrected chi connectivity index (χ0v) is 8.47. The molecule has 2 aromatic rings. The first-order chi connectivity index (χ1) is 7.29. The highest BCUT2D eigenvalue weighted by Gasteiger charge is 2.07. The Morgan fingerprint density at radius 2 is 2.00 bits per heavy atom. The largest absolute Gasteiger partial charge is 0.396 e. The molecular weight excluding hydrogens is 192 g/mol. The maximum absolute atomic E-state index is 8.71. The normalized spacial score (nSPS) is 10.5. The second kappa shape index (κ2) is 4.23. The maximum atomic E-state index is 8.71. The SMILES string of the molecule is Cc1ccc(-c2nc(CCO)no2)cc1. The molecule has 0 atom stereocenters. The monoisotopic (exact) mass is 204 g/mol. The van der Waals surface area contributed by atoms with Gasteiger partial charge in [-0.2, -0.15) is 4.98 Å². The summed E-state index contributed by atoms with van der Waals surface area (Å²) in [6, 6.07) is 7.85. The molecule has 0 unspecified atom stereocenters. The number of benzene rings is 1. The fourth-order valence-electron chi connectivity index (χ4n) is 1.27. The number of rotatable bonds is 3. The molecule has 0 aliphatic carbocycles. The third-order valence-corrected chi connectivity index (χ3v) is 2.10. The van der Waals surface area contributed by atoms with Crippen LogP contribution in [0.1, 0.15) is 11.4 Å². The van der Waals surface area contributed by atoms with Crippen molar-refractivity contribution in [1.82, 2.24) is 10.1 Å². The Hall–Kier alpha value is -1.68. The fourth-order valence-corrected chi connectivity index (χ4v) is 1.27. The van der Waals surface area contributed by atoms with Crippen molar-refractivity contribution in [3.8, 4) is 11.5 Å². The topological polar surface area (TPSA) is 59.2 Å². The van der Waals surface area contributed by atoms with Crippen LogP contribution >= 0.6 is 0 Å². The van der Waals surface area contributed by atoms with Crippen molar-refractivity contribution < 1.29 is 9.63 Å². The fraction of sp³-hybridized carbons (Fsp3) is 0.273. The summed E-state index contributed by atoms with van der Waals surface area (Å²) in [6.07, 6.45) is 0.426. The summed E-state index contributed by atoms with van der Waals surface area (Å²) >= 11 is 0. The van der Waals surface area contributed by atoms with Gasteiger partial charge in [0.2, 0.25) is 0 Å². The van der Waals surface area contributed by atoms with Crippen LogP contribution < -0.4 is 0 Å². The Morgan fingerprint density at radius 3 is 2.67 bits per heavy atom. The van der Waals surface area contributed by atoms with E-state index in [1.165, 1.54) is 5.56 Å². The van der Waals surface area contributed by atoms with Gasteiger partial charge in [-0.05, 0) is 19.1 Å². The average molecular weight is 204 g/mol. The molecule has 4 heteroatoms. The van der Waals surface area contributed by atoms with Crippen molar-refractivity contribution in [1.29, 1.82) is 0 Å². The molecule has 0 saturated carbocycles. The van der Waals surface area contributed by atoms with Crippen LogP contribution in [-0.2, 0) is 6.42 Å². The Kier molecular flexibility index (Phi) is 2.78. The number of aryl methyl sites for hydroxylation is 1. The van der Waals surface area contributed by atoms with Crippen LogP contribution in [0, 0.1) is 6.92 Å². The second-order valence-electron chi connectivity index (χ2n) is 3.36. The van der Waals surface area contributed by atoms with E-state index in [-0.39, 0.29) is 6.61 Å². The van der Waals surface area contributed by atoms with Gasteiger partial charge in [0, 0.05) is 12.0 Å². The van der Waals surface area contributed by atoms with E-state index in [0.29, 0.717) is 18.1 Å². The summed E-state index contributed by atoms with van der Waals surface area (Å²) in [5.41, 5.74) is 2.09. The Labute approximate surface area is 87.6 Å². The molecule has 1 N–H and O–H groups in total. The summed E-state index contributed by atoms with van der Waals surface area (Å²) in [6.45, 7) is 2.06. The molecule has 2 rings (SSSR count). The molecule has 0 saturated heterocycles. The number of aliphatic hydroxyl groups is 1. The summed E-state index contributed by atoms with van der Waals surface area (Å²) < 4.78 is 5.07. The lowest BCUT2D eigenvalue weighted by Gasteiger charge is -1.94. The molecule has 0 radical (unpaired) electrons. The highest BCUT2D eigenvalue weighted by atomic mass is 16.5. The molecule has 0 fully saturated rings. The molecule has 0 aliphatic rings. The number of hydrogen-bond acceptors (Lipinski definition) is 4. The van der Waals surface area contributed by atoms with Gasteiger partial charge in [-0.25, -0.2) is 0 Å². The Morgan fingerprint density at radius 1 is 1.27 bits per heavy atom. The predicted molar refractivity (Wildman–Crippen MR) is 55.3 cm³/mol. The number of hydrogen-bond donors (Lipinski definition) is 1. The molecule has 0 aliphatic heterocycles. The number of aliphatic hydroxyl groups excluding tert-OH is 1. The van der Waals surface area contributed by atoms with E-state index in [1.54, 1.807) is 0 Å². The highest BCUT2D eigenvalue weighted by Crippen LogP contribution is 2.17. The van der Waals surface area contributed by atoms with Gasteiger partial charge in [0.25, 0.3) is 5.89 Å². The van der Waals surface area contributed by atoms with Gasteiger partial charge < -0.3 is 9.63 Å². The van der Waals surface area contributed by atoms with Gasteiger partial charge in [0.05, 0.1) is 6.61 Å². The standard InChI is InChI=1S/C11H12N2O2/c1-8-2-4-9(5-3-8)11-12-10(6-7-14)13-15-11/h2-5,14H,6-7H2,1H3. The van der Waals surface area contributed by atoms with E-state index in [2.05, 4.69) is 10.1 Å². The summed E-state index contributed by atoms with van der Waals surface area (Å²) in [5, 5.41) is 12.5. The maximum Gasteiger partial charge on any atom is 0.257 e. The van der Waals surface area contributed by atoms with Crippen LogP contribution in [0.2, 0.25) is 0 Å². The van der Waals surface area contributed by atoms with Crippen LogP contribution in [0.4, 0.5) is 0 Å². The first-order valence-electron chi connectivity index (χ1n) is 4.80. The molecular formula is C11H12N2O2. The zero-order chi connectivity index (χ0) is 10.7. The van der Waals surface area contributed by atoms with Crippen LogP contribution in [0.25, 0.3) is 11.5 Å². The van der Waals surface area contributed by atoms with Crippen molar-refractivity contribution in [2.24, 2.45) is 0 Å². The van der Waals surface area contributed by atoms with Crippen LogP contribution in [-0.4, -0.2) is 21.9 Å². The van der Waals surface area contributed by atoms with E-state index in [0.717, 1.165) is 5.56 Å². The van der Waals surface area contributed by atoms with Gasteiger partial charge in [-0.3, -0.25) is 0 Å². The third-order valence-electron chi connectivity index (χ3n) is 2.10. The zero-order valence-electron chi connectivity index (χ0n) is 8.47. The van der Waals surface area contributed by atoms with E-state index in [4.69, 9.17) is 9.63 Å². The minimum Gasteiger partial charge on any atom is -0.396 e. The van der Waals surface area contributed by atoms with Crippen LogP contribution in [0.5, 0.6) is 0 Å². The van der Waals surface area contributed by atoms with Crippen LogP contribution in [0.15, 0.2) is 28.8 Å². The molecule has 1 aromatic heterocycles. The lowest BCUT2D eigenvalue weighted by atomic mass is 10.1. The molecule has 4 nitrogen and oxygen atoms in total. The minimum absolute atomic E-state index is 0.0346.